The predicted octanol–water partition coefficient (Wildman–Crippen LogP) is 4.35. The molecule has 0 spiro atoms. The SMILES string of the molecule is O=S(=O)(c1ccc(Cl)cc1)N1CCN(C(=S)Nc2ccc(Cl)cc2Cl)CC1. The van der Waals surface area contributed by atoms with Crippen molar-refractivity contribution in [1.82, 2.24) is 9.21 Å². The van der Waals surface area contributed by atoms with Gasteiger partial charge in [-0.2, -0.15) is 4.31 Å². The van der Waals surface area contributed by atoms with Gasteiger partial charge in [0.2, 0.25) is 10.0 Å². The van der Waals surface area contributed by atoms with E-state index in [0.29, 0.717) is 52.0 Å². The van der Waals surface area contributed by atoms with Gasteiger partial charge in [-0.05, 0) is 54.7 Å². The summed E-state index contributed by atoms with van der Waals surface area (Å²) in [5, 5.41) is 5.07. The van der Waals surface area contributed by atoms with Crippen LogP contribution in [0.25, 0.3) is 0 Å². The van der Waals surface area contributed by atoms with Crippen molar-refractivity contribution in [2.75, 3.05) is 31.5 Å². The molecule has 0 unspecified atom stereocenters. The minimum atomic E-state index is -3.55. The second-order valence-electron chi connectivity index (χ2n) is 5.90. The number of hydrogen-bond donors (Lipinski definition) is 1. The van der Waals surface area contributed by atoms with Gasteiger partial charge in [0.1, 0.15) is 0 Å². The summed E-state index contributed by atoms with van der Waals surface area (Å²) < 4.78 is 26.9. The molecular weight excluding hydrogens is 449 g/mol. The zero-order valence-electron chi connectivity index (χ0n) is 14.0. The predicted molar refractivity (Wildman–Crippen MR) is 114 cm³/mol. The molecule has 0 radical (unpaired) electrons. The topological polar surface area (TPSA) is 52.7 Å². The quantitative estimate of drug-likeness (QED) is 0.684. The van der Waals surface area contributed by atoms with Crippen LogP contribution < -0.4 is 5.32 Å². The molecule has 1 fully saturated rings. The number of nitrogens with one attached hydrogen (secondary N) is 1. The minimum Gasteiger partial charge on any atom is -0.346 e. The number of nitrogens with zero attached hydrogens (tertiary/aromatic N) is 2. The summed E-state index contributed by atoms with van der Waals surface area (Å²) in [6.45, 7) is 1.62. The van der Waals surface area contributed by atoms with Gasteiger partial charge in [-0.3, -0.25) is 0 Å². The number of sulfonamides is 1. The largest absolute Gasteiger partial charge is 0.346 e. The molecule has 5 nitrogen and oxygen atoms in total. The Morgan fingerprint density at radius 1 is 0.926 bits per heavy atom. The van der Waals surface area contributed by atoms with Crippen LogP contribution >= 0.6 is 47.0 Å². The molecule has 0 saturated carbocycles. The van der Waals surface area contributed by atoms with Crippen molar-refractivity contribution in [2.24, 2.45) is 0 Å². The molecule has 0 bridgehead atoms. The smallest absolute Gasteiger partial charge is 0.243 e. The maximum Gasteiger partial charge on any atom is 0.243 e. The monoisotopic (exact) mass is 463 g/mol. The fourth-order valence-corrected chi connectivity index (χ4v) is 4.97. The molecule has 2 aromatic rings. The Morgan fingerprint density at radius 3 is 2.11 bits per heavy atom. The number of piperazine rings is 1. The molecule has 0 amide bonds. The molecule has 0 aromatic heterocycles. The van der Waals surface area contributed by atoms with Crippen LogP contribution in [0.4, 0.5) is 5.69 Å². The molecular formula is C17H16Cl3N3O2S2. The van der Waals surface area contributed by atoms with Crippen molar-refractivity contribution < 1.29 is 8.42 Å². The molecule has 1 aliphatic heterocycles. The van der Waals surface area contributed by atoms with Crippen LogP contribution in [0.3, 0.4) is 0 Å². The lowest BCUT2D eigenvalue weighted by atomic mass is 10.3. The maximum absolute atomic E-state index is 12.7. The summed E-state index contributed by atoms with van der Waals surface area (Å²) in [6, 6.07) is 11.3. The van der Waals surface area contributed by atoms with Gasteiger partial charge in [0.05, 0.1) is 15.6 Å². The summed E-state index contributed by atoms with van der Waals surface area (Å²) in [5.41, 5.74) is 0.655. The van der Waals surface area contributed by atoms with Crippen molar-refractivity contribution in [3.63, 3.8) is 0 Å². The summed E-state index contributed by atoms with van der Waals surface area (Å²) in [7, 11) is -3.55. The van der Waals surface area contributed by atoms with Crippen LogP contribution in [0.15, 0.2) is 47.4 Å². The second kappa shape index (κ2) is 8.51. The number of thiocarbonyl (C=S) groups is 1. The highest BCUT2D eigenvalue weighted by atomic mass is 35.5. The molecule has 3 rings (SSSR count). The Balaban J connectivity index is 1.62. The van der Waals surface area contributed by atoms with Gasteiger partial charge in [-0.25, -0.2) is 8.42 Å². The molecule has 1 aliphatic rings. The lowest BCUT2D eigenvalue weighted by Gasteiger charge is -2.35. The standard InChI is InChI=1S/C17H16Cl3N3O2S2/c18-12-1-4-14(5-2-12)27(24,25)23-9-7-22(8-10-23)17(26)21-16-6-3-13(19)11-15(16)20/h1-6,11H,7-10H2,(H,21,26). The first-order valence-corrected chi connectivity index (χ1v) is 11.0. The van der Waals surface area contributed by atoms with Gasteiger partial charge in [-0.1, -0.05) is 34.8 Å². The van der Waals surface area contributed by atoms with Gasteiger partial charge in [0, 0.05) is 36.2 Å². The Labute approximate surface area is 178 Å². The van der Waals surface area contributed by atoms with Crippen molar-refractivity contribution in [3.05, 3.63) is 57.5 Å². The molecule has 10 heteroatoms. The Bertz CT molecular complexity index is 944. The van der Waals surface area contributed by atoms with Crippen molar-refractivity contribution in [2.45, 2.75) is 4.90 Å². The van der Waals surface area contributed by atoms with Crippen LogP contribution in [0.5, 0.6) is 0 Å². The van der Waals surface area contributed by atoms with E-state index in [1.165, 1.54) is 16.4 Å². The average Bonchev–Trinajstić information content (AvgIpc) is 2.64. The van der Waals surface area contributed by atoms with E-state index in [4.69, 9.17) is 47.0 Å². The van der Waals surface area contributed by atoms with Gasteiger partial charge in [0.15, 0.2) is 5.11 Å². The fraction of sp³-hybridized carbons (Fsp3) is 0.235. The zero-order valence-corrected chi connectivity index (χ0v) is 17.9. The summed E-state index contributed by atoms with van der Waals surface area (Å²) >= 11 is 23.3. The van der Waals surface area contributed by atoms with E-state index in [2.05, 4.69) is 5.32 Å². The molecule has 0 aliphatic carbocycles. The van der Waals surface area contributed by atoms with E-state index in [0.717, 1.165) is 0 Å². The van der Waals surface area contributed by atoms with E-state index in [1.54, 1.807) is 30.3 Å². The molecule has 2 aromatic carbocycles. The normalized spacial score (nSPS) is 15.6. The van der Waals surface area contributed by atoms with E-state index < -0.39 is 10.0 Å². The first-order chi connectivity index (χ1) is 12.8. The molecule has 27 heavy (non-hydrogen) atoms. The maximum atomic E-state index is 12.7. The van der Waals surface area contributed by atoms with Gasteiger partial charge >= 0.3 is 0 Å². The van der Waals surface area contributed by atoms with Gasteiger partial charge in [-0.15, -0.1) is 0 Å². The van der Waals surface area contributed by atoms with Crippen LogP contribution in [-0.4, -0.2) is 48.9 Å². The van der Waals surface area contributed by atoms with E-state index in [1.807, 2.05) is 4.90 Å². The number of anilines is 1. The third kappa shape index (κ3) is 4.85. The molecule has 1 saturated heterocycles. The third-order valence-corrected chi connectivity index (χ3v) is 7.22. The molecule has 0 atom stereocenters. The fourth-order valence-electron chi connectivity index (χ4n) is 2.67. The Morgan fingerprint density at radius 2 is 1.52 bits per heavy atom. The van der Waals surface area contributed by atoms with Crippen LogP contribution in [-0.2, 0) is 10.0 Å². The number of halogens is 3. The molecule has 144 valence electrons. The first-order valence-electron chi connectivity index (χ1n) is 8.04. The van der Waals surface area contributed by atoms with Gasteiger partial charge in [0.25, 0.3) is 0 Å². The van der Waals surface area contributed by atoms with Crippen molar-refractivity contribution in [3.8, 4) is 0 Å². The van der Waals surface area contributed by atoms with Crippen molar-refractivity contribution >= 4 is 67.8 Å². The average molecular weight is 465 g/mol. The highest BCUT2D eigenvalue weighted by molar-refractivity contribution is 7.89. The third-order valence-electron chi connectivity index (χ3n) is 4.15. The Kier molecular flexibility index (Phi) is 6.50. The minimum absolute atomic E-state index is 0.231. The zero-order chi connectivity index (χ0) is 19.6. The number of benzene rings is 2. The van der Waals surface area contributed by atoms with E-state index in [-0.39, 0.29) is 4.90 Å². The Hall–Kier alpha value is -1.09. The lowest BCUT2D eigenvalue weighted by Crippen LogP contribution is -2.51. The highest BCUT2D eigenvalue weighted by Gasteiger charge is 2.29. The summed E-state index contributed by atoms with van der Waals surface area (Å²) in [4.78, 5) is 2.14. The number of hydrogen-bond acceptors (Lipinski definition) is 3. The molecule has 1 N–H and O–H groups in total. The van der Waals surface area contributed by atoms with E-state index in [9.17, 15) is 8.42 Å². The van der Waals surface area contributed by atoms with E-state index >= 15 is 0 Å². The summed E-state index contributed by atoms with van der Waals surface area (Å²) in [5.74, 6) is 0. The van der Waals surface area contributed by atoms with Crippen LogP contribution in [0.2, 0.25) is 15.1 Å². The lowest BCUT2D eigenvalue weighted by molar-refractivity contribution is 0.268. The summed E-state index contributed by atoms with van der Waals surface area (Å²) in [6.07, 6.45) is 0. The number of rotatable bonds is 3. The van der Waals surface area contributed by atoms with Crippen molar-refractivity contribution in [1.29, 1.82) is 0 Å². The second-order valence-corrected chi connectivity index (χ2v) is 9.50. The van der Waals surface area contributed by atoms with Gasteiger partial charge < -0.3 is 10.2 Å². The van der Waals surface area contributed by atoms with Crippen LogP contribution in [0.1, 0.15) is 0 Å². The first kappa shape index (κ1) is 20.6. The van der Waals surface area contributed by atoms with Crippen LogP contribution in [0, 0.1) is 0 Å². The highest BCUT2D eigenvalue weighted by Crippen LogP contribution is 2.26. The molecule has 1 heterocycles.